The molecule has 0 radical (unpaired) electrons. The van der Waals surface area contributed by atoms with Crippen molar-refractivity contribution in [3.63, 3.8) is 0 Å². The minimum atomic E-state index is -0.862. The summed E-state index contributed by atoms with van der Waals surface area (Å²) in [5.41, 5.74) is 2.99. The zero-order chi connectivity index (χ0) is 16.7. The van der Waals surface area contributed by atoms with E-state index in [0.29, 0.717) is 18.8 Å². The van der Waals surface area contributed by atoms with Crippen molar-refractivity contribution in [3.05, 3.63) is 65.2 Å². The van der Waals surface area contributed by atoms with Gasteiger partial charge in [-0.1, -0.05) is 36.4 Å². The summed E-state index contributed by atoms with van der Waals surface area (Å²) in [4.78, 5) is 11.4. The highest BCUT2D eigenvalue weighted by Gasteiger charge is 2.13. The first-order valence-electron chi connectivity index (χ1n) is 7.71. The summed E-state index contributed by atoms with van der Waals surface area (Å²) in [7, 11) is 0. The van der Waals surface area contributed by atoms with Gasteiger partial charge >= 0.3 is 5.97 Å². The third kappa shape index (κ3) is 5.11. The van der Waals surface area contributed by atoms with Crippen molar-refractivity contribution in [2.75, 3.05) is 6.61 Å². The van der Waals surface area contributed by atoms with Gasteiger partial charge in [0.15, 0.2) is 0 Å². The zero-order valence-electron chi connectivity index (χ0n) is 13.5. The second-order valence-electron chi connectivity index (χ2n) is 5.31. The average Bonchev–Trinajstić information content (AvgIpc) is 2.55. The monoisotopic (exact) mass is 314 g/mol. The van der Waals surface area contributed by atoms with Gasteiger partial charge in [0.2, 0.25) is 0 Å². The highest BCUT2D eigenvalue weighted by Crippen LogP contribution is 2.21. The third-order valence-electron chi connectivity index (χ3n) is 3.59. The topological polar surface area (TPSA) is 55.8 Å². The molecule has 0 unspecified atom stereocenters. The molecule has 1 atom stereocenters. The van der Waals surface area contributed by atoms with E-state index in [4.69, 9.17) is 9.47 Å². The van der Waals surface area contributed by atoms with Gasteiger partial charge in [-0.2, -0.15) is 0 Å². The largest absolute Gasteiger partial charge is 0.489 e. The Bertz CT molecular complexity index is 634. The maximum absolute atomic E-state index is 11.4. The third-order valence-corrected chi connectivity index (χ3v) is 3.59. The number of hydrogen-bond donors (Lipinski definition) is 1. The van der Waals surface area contributed by atoms with Gasteiger partial charge < -0.3 is 14.6 Å². The first-order chi connectivity index (χ1) is 11.1. The van der Waals surface area contributed by atoms with Crippen LogP contribution in [0.1, 0.15) is 36.1 Å². The first-order valence-corrected chi connectivity index (χ1v) is 7.71. The highest BCUT2D eigenvalue weighted by atomic mass is 16.5. The smallest absolute Gasteiger partial charge is 0.308 e. The Morgan fingerprint density at radius 1 is 1.13 bits per heavy atom. The minimum absolute atomic E-state index is 0.0444. The molecule has 0 spiro atoms. The Morgan fingerprint density at radius 3 is 2.48 bits per heavy atom. The van der Waals surface area contributed by atoms with E-state index in [1.54, 1.807) is 31.2 Å². The molecule has 0 fully saturated rings. The molecule has 2 aromatic carbocycles. The van der Waals surface area contributed by atoms with Crippen LogP contribution in [0.4, 0.5) is 0 Å². The lowest BCUT2D eigenvalue weighted by molar-refractivity contribution is -0.145. The van der Waals surface area contributed by atoms with Crippen LogP contribution in [0.5, 0.6) is 5.75 Å². The number of ether oxygens (including phenoxy) is 2. The quantitative estimate of drug-likeness (QED) is 0.794. The van der Waals surface area contributed by atoms with Crippen molar-refractivity contribution in [3.8, 4) is 5.75 Å². The van der Waals surface area contributed by atoms with Crippen LogP contribution in [0, 0.1) is 6.92 Å². The Balaban J connectivity index is 1.91. The van der Waals surface area contributed by atoms with Gasteiger partial charge in [-0.3, -0.25) is 4.79 Å². The van der Waals surface area contributed by atoms with Gasteiger partial charge in [0, 0.05) is 0 Å². The van der Waals surface area contributed by atoms with E-state index in [9.17, 15) is 9.90 Å². The maximum atomic E-state index is 11.4. The number of hydrogen-bond acceptors (Lipinski definition) is 4. The molecule has 122 valence electrons. The van der Waals surface area contributed by atoms with Crippen LogP contribution in [0.25, 0.3) is 0 Å². The molecule has 0 saturated heterocycles. The second-order valence-corrected chi connectivity index (χ2v) is 5.31. The first kappa shape index (κ1) is 17.0. The summed E-state index contributed by atoms with van der Waals surface area (Å²) in [6.45, 7) is 4.60. The molecule has 4 nitrogen and oxygen atoms in total. The number of esters is 1. The Hall–Kier alpha value is -2.33. The Labute approximate surface area is 136 Å². The van der Waals surface area contributed by atoms with E-state index >= 15 is 0 Å². The molecule has 2 aromatic rings. The van der Waals surface area contributed by atoms with Crippen molar-refractivity contribution in [2.24, 2.45) is 0 Å². The summed E-state index contributed by atoms with van der Waals surface area (Å²) in [6, 6.07) is 15.2. The standard InChI is InChI=1S/C19H22O4/c1-3-22-19(21)12-18(20)15-8-10-17(11-9-15)23-13-16-7-5-4-6-14(16)2/h4-11,18,20H,3,12-13H2,1-2H3/t18-/m0/s1. The van der Waals surface area contributed by atoms with E-state index in [-0.39, 0.29) is 6.42 Å². The molecule has 2 rings (SSSR count). The lowest BCUT2D eigenvalue weighted by atomic mass is 10.1. The normalized spacial score (nSPS) is 11.8. The minimum Gasteiger partial charge on any atom is -0.489 e. The molecule has 0 heterocycles. The van der Waals surface area contributed by atoms with Crippen molar-refractivity contribution >= 4 is 5.97 Å². The number of aryl methyl sites for hydroxylation is 1. The van der Waals surface area contributed by atoms with E-state index in [1.807, 2.05) is 31.2 Å². The van der Waals surface area contributed by atoms with Crippen molar-refractivity contribution in [1.29, 1.82) is 0 Å². The molecule has 0 aliphatic carbocycles. The molecule has 23 heavy (non-hydrogen) atoms. The van der Waals surface area contributed by atoms with Gasteiger partial charge in [-0.25, -0.2) is 0 Å². The molecular weight excluding hydrogens is 292 g/mol. The summed E-state index contributed by atoms with van der Waals surface area (Å²) >= 11 is 0. The van der Waals surface area contributed by atoms with Crippen LogP contribution in [0.3, 0.4) is 0 Å². The van der Waals surface area contributed by atoms with Crippen molar-refractivity contribution in [1.82, 2.24) is 0 Å². The molecule has 4 heteroatoms. The fourth-order valence-corrected chi connectivity index (χ4v) is 2.21. The average molecular weight is 314 g/mol. The molecule has 1 N–H and O–H groups in total. The van der Waals surface area contributed by atoms with Crippen LogP contribution < -0.4 is 4.74 Å². The predicted molar refractivity (Wildman–Crippen MR) is 88.2 cm³/mol. The van der Waals surface area contributed by atoms with Crippen LogP contribution in [0.15, 0.2) is 48.5 Å². The fraction of sp³-hybridized carbons (Fsp3) is 0.316. The predicted octanol–water partition coefficient (Wildman–Crippen LogP) is 3.56. The zero-order valence-corrected chi connectivity index (χ0v) is 13.5. The molecule has 0 amide bonds. The van der Waals surface area contributed by atoms with Crippen molar-refractivity contribution < 1.29 is 19.4 Å². The van der Waals surface area contributed by atoms with Gasteiger partial charge in [0.05, 0.1) is 19.1 Å². The molecule has 0 aromatic heterocycles. The number of rotatable bonds is 7. The van der Waals surface area contributed by atoms with Crippen LogP contribution in [-0.2, 0) is 16.1 Å². The van der Waals surface area contributed by atoms with Crippen molar-refractivity contribution in [2.45, 2.75) is 33.0 Å². The number of aliphatic hydroxyl groups is 1. The lowest BCUT2D eigenvalue weighted by Crippen LogP contribution is -2.10. The van der Waals surface area contributed by atoms with Crippen LogP contribution in [-0.4, -0.2) is 17.7 Å². The van der Waals surface area contributed by atoms with E-state index < -0.39 is 12.1 Å². The molecule has 0 saturated carbocycles. The Kier molecular flexibility index (Phi) is 6.18. The fourth-order valence-electron chi connectivity index (χ4n) is 2.21. The molecule has 0 aliphatic heterocycles. The van der Waals surface area contributed by atoms with E-state index in [1.165, 1.54) is 5.56 Å². The second kappa shape index (κ2) is 8.34. The number of carbonyl (C=O) groups is 1. The number of benzene rings is 2. The molecule has 0 bridgehead atoms. The number of carbonyl (C=O) groups excluding carboxylic acids is 1. The molecule has 0 aliphatic rings. The van der Waals surface area contributed by atoms with Crippen LogP contribution >= 0.6 is 0 Å². The summed E-state index contributed by atoms with van der Waals surface area (Å²) in [5.74, 6) is 0.320. The van der Waals surface area contributed by atoms with E-state index in [0.717, 1.165) is 11.3 Å². The number of aliphatic hydroxyl groups excluding tert-OH is 1. The molecular formula is C19H22O4. The SMILES string of the molecule is CCOC(=O)C[C@H](O)c1ccc(OCc2ccccc2C)cc1. The summed E-state index contributed by atoms with van der Waals surface area (Å²) < 4.78 is 10.6. The van der Waals surface area contributed by atoms with Gasteiger partial charge in [0.1, 0.15) is 12.4 Å². The van der Waals surface area contributed by atoms with Gasteiger partial charge in [-0.05, 0) is 42.7 Å². The van der Waals surface area contributed by atoms with Gasteiger partial charge in [-0.15, -0.1) is 0 Å². The summed E-state index contributed by atoms with van der Waals surface area (Å²) in [5, 5.41) is 10.0. The summed E-state index contributed by atoms with van der Waals surface area (Å²) in [6.07, 6.45) is -0.906. The van der Waals surface area contributed by atoms with Gasteiger partial charge in [0.25, 0.3) is 0 Å². The highest BCUT2D eigenvalue weighted by molar-refractivity contribution is 5.70. The van der Waals surface area contributed by atoms with Crippen LogP contribution in [0.2, 0.25) is 0 Å². The lowest BCUT2D eigenvalue weighted by Gasteiger charge is -2.12. The van der Waals surface area contributed by atoms with E-state index in [2.05, 4.69) is 0 Å². The maximum Gasteiger partial charge on any atom is 0.308 e. The Morgan fingerprint density at radius 2 is 1.83 bits per heavy atom.